The molecule has 0 bridgehead atoms. The van der Waals surface area contributed by atoms with Crippen LogP contribution in [0.15, 0.2) is 0 Å². The maximum Gasteiger partial charge on any atom is 0.236 e. The van der Waals surface area contributed by atoms with Crippen molar-refractivity contribution in [2.75, 3.05) is 26.3 Å². The summed E-state index contributed by atoms with van der Waals surface area (Å²) in [6, 6.07) is 0. The molecule has 5 heteroatoms. The molecule has 1 amide bonds. The van der Waals surface area contributed by atoms with Gasteiger partial charge in [-0.05, 0) is 26.7 Å². The molecule has 0 N–H and O–H groups in total. The molecular weight excluding hydrogens is 274 g/mol. The Bertz CT molecular complexity index is 215. The Hall–Kier alpha value is -0.130. The van der Waals surface area contributed by atoms with E-state index in [-0.39, 0.29) is 17.0 Å². The molecule has 0 aliphatic carbocycles. The van der Waals surface area contributed by atoms with Crippen LogP contribution in [0.25, 0.3) is 0 Å². The van der Waals surface area contributed by atoms with E-state index in [0.717, 1.165) is 26.1 Å². The molecule has 1 rings (SSSR count). The monoisotopic (exact) mass is 293 g/mol. The number of alkyl halides is 1. The van der Waals surface area contributed by atoms with Crippen LogP contribution in [-0.2, 0) is 14.3 Å². The largest absolute Gasteiger partial charge is 0.351 e. The summed E-state index contributed by atoms with van der Waals surface area (Å²) in [5, 5.41) is 0. The van der Waals surface area contributed by atoms with Gasteiger partial charge < -0.3 is 14.4 Å². The number of hydrogen-bond donors (Lipinski definition) is 0. The molecule has 0 spiro atoms. The number of amides is 1. The molecule has 4 nitrogen and oxygen atoms in total. The molecule has 0 radical (unpaired) electrons. The molecule has 1 unspecified atom stereocenters. The van der Waals surface area contributed by atoms with E-state index in [2.05, 4.69) is 15.9 Å². The normalized spacial score (nSPS) is 20.2. The Kier molecular flexibility index (Phi) is 6.31. The highest BCUT2D eigenvalue weighted by Gasteiger charge is 2.22. The van der Waals surface area contributed by atoms with Gasteiger partial charge in [-0.2, -0.15) is 0 Å². The maximum absolute atomic E-state index is 11.8. The molecule has 0 saturated carbocycles. The van der Waals surface area contributed by atoms with Gasteiger partial charge in [-0.25, -0.2) is 0 Å². The van der Waals surface area contributed by atoms with Gasteiger partial charge in [0.1, 0.15) is 0 Å². The van der Waals surface area contributed by atoms with E-state index in [1.807, 2.05) is 13.8 Å². The maximum atomic E-state index is 11.8. The second-order valence-electron chi connectivity index (χ2n) is 3.87. The Labute approximate surface area is 105 Å². The highest BCUT2D eigenvalue weighted by Crippen LogP contribution is 2.10. The quantitative estimate of drug-likeness (QED) is 0.742. The number of hydrogen-bond acceptors (Lipinski definition) is 3. The van der Waals surface area contributed by atoms with E-state index in [1.165, 1.54) is 0 Å². The van der Waals surface area contributed by atoms with E-state index < -0.39 is 0 Å². The minimum Gasteiger partial charge on any atom is -0.351 e. The molecular formula is C11H20BrNO3. The summed E-state index contributed by atoms with van der Waals surface area (Å²) in [5.41, 5.74) is 0. The van der Waals surface area contributed by atoms with Crippen molar-refractivity contribution in [2.24, 2.45) is 0 Å². The van der Waals surface area contributed by atoms with Gasteiger partial charge in [-0.15, -0.1) is 0 Å². The van der Waals surface area contributed by atoms with Crippen molar-refractivity contribution in [3.8, 4) is 0 Å². The Morgan fingerprint density at radius 1 is 1.44 bits per heavy atom. The highest BCUT2D eigenvalue weighted by molar-refractivity contribution is 9.10. The smallest absolute Gasteiger partial charge is 0.236 e. The van der Waals surface area contributed by atoms with Gasteiger partial charge >= 0.3 is 0 Å². The van der Waals surface area contributed by atoms with Crippen molar-refractivity contribution in [3.63, 3.8) is 0 Å². The number of carbonyl (C=O) groups is 1. The minimum atomic E-state index is -0.266. The van der Waals surface area contributed by atoms with Crippen LogP contribution in [0.3, 0.4) is 0 Å². The Balaban J connectivity index is 2.44. The Morgan fingerprint density at radius 2 is 2.00 bits per heavy atom. The molecule has 0 aromatic rings. The second kappa shape index (κ2) is 7.25. The standard InChI is InChI=1S/C11H20BrNO3/c1-3-13(11(14)9(2)12)8-10-15-6-4-5-7-16-10/h9-10H,3-8H2,1-2H3. The summed E-state index contributed by atoms with van der Waals surface area (Å²) < 4.78 is 11.1. The summed E-state index contributed by atoms with van der Waals surface area (Å²) in [6.45, 7) is 6.44. The van der Waals surface area contributed by atoms with Gasteiger partial charge in [0.2, 0.25) is 5.91 Å². The lowest BCUT2D eigenvalue weighted by Crippen LogP contribution is -2.42. The van der Waals surface area contributed by atoms with Crippen LogP contribution in [-0.4, -0.2) is 48.2 Å². The number of nitrogens with zero attached hydrogens (tertiary/aromatic N) is 1. The second-order valence-corrected chi connectivity index (χ2v) is 5.24. The van der Waals surface area contributed by atoms with E-state index in [1.54, 1.807) is 4.90 Å². The average molecular weight is 294 g/mol. The number of carbonyl (C=O) groups excluding carboxylic acids is 1. The molecule has 1 atom stereocenters. The molecule has 1 heterocycles. The Morgan fingerprint density at radius 3 is 2.44 bits per heavy atom. The molecule has 94 valence electrons. The van der Waals surface area contributed by atoms with Crippen LogP contribution in [0.4, 0.5) is 0 Å². The number of halogens is 1. The molecule has 0 aromatic carbocycles. The fraction of sp³-hybridized carbons (Fsp3) is 0.909. The van der Waals surface area contributed by atoms with E-state index in [4.69, 9.17) is 9.47 Å². The van der Waals surface area contributed by atoms with Crippen molar-refractivity contribution < 1.29 is 14.3 Å². The van der Waals surface area contributed by atoms with Crippen molar-refractivity contribution >= 4 is 21.8 Å². The zero-order valence-corrected chi connectivity index (χ0v) is 11.5. The zero-order chi connectivity index (χ0) is 12.0. The first kappa shape index (κ1) is 13.9. The first-order valence-electron chi connectivity index (χ1n) is 5.81. The van der Waals surface area contributed by atoms with E-state index >= 15 is 0 Å². The highest BCUT2D eigenvalue weighted by atomic mass is 79.9. The first-order chi connectivity index (χ1) is 7.65. The summed E-state index contributed by atoms with van der Waals surface area (Å²) >= 11 is 3.29. The fourth-order valence-corrected chi connectivity index (χ4v) is 1.88. The lowest BCUT2D eigenvalue weighted by atomic mass is 10.3. The average Bonchev–Trinajstić information content (AvgIpc) is 2.53. The first-order valence-corrected chi connectivity index (χ1v) is 6.72. The van der Waals surface area contributed by atoms with Gasteiger partial charge in [0.05, 0.1) is 11.4 Å². The third-order valence-corrected chi connectivity index (χ3v) is 2.94. The van der Waals surface area contributed by atoms with Crippen LogP contribution in [0.2, 0.25) is 0 Å². The van der Waals surface area contributed by atoms with Crippen LogP contribution < -0.4 is 0 Å². The predicted octanol–water partition coefficient (Wildman–Crippen LogP) is 1.77. The van der Waals surface area contributed by atoms with Crippen molar-refractivity contribution in [1.29, 1.82) is 0 Å². The predicted molar refractivity (Wildman–Crippen MR) is 65.6 cm³/mol. The SMILES string of the molecule is CCN(CC1OCCCCO1)C(=O)C(C)Br. The summed E-state index contributed by atoms with van der Waals surface area (Å²) in [5.74, 6) is 0.0824. The molecule has 1 fully saturated rings. The van der Waals surface area contributed by atoms with Gasteiger partial charge in [0.15, 0.2) is 6.29 Å². The summed E-state index contributed by atoms with van der Waals surface area (Å²) in [4.78, 5) is 13.4. The minimum absolute atomic E-state index is 0.0824. The summed E-state index contributed by atoms with van der Waals surface area (Å²) in [7, 11) is 0. The van der Waals surface area contributed by atoms with Crippen LogP contribution >= 0.6 is 15.9 Å². The molecule has 0 aromatic heterocycles. The third kappa shape index (κ3) is 4.39. The molecule has 1 aliphatic rings. The van der Waals surface area contributed by atoms with Gasteiger partial charge in [-0.1, -0.05) is 15.9 Å². The molecule has 1 aliphatic heterocycles. The van der Waals surface area contributed by atoms with Crippen LogP contribution in [0.1, 0.15) is 26.7 Å². The third-order valence-electron chi connectivity index (χ3n) is 2.55. The van der Waals surface area contributed by atoms with E-state index in [9.17, 15) is 4.79 Å². The van der Waals surface area contributed by atoms with Gasteiger partial charge in [-0.3, -0.25) is 4.79 Å². The van der Waals surface area contributed by atoms with Gasteiger partial charge in [0.25, 0.3) is 0 Å². The van der Waals surface area contributed by atoms with Gasteiger partial charge in [0, 0.05) is 19.8 Å². The molecule has 1 saturated heterocycles. The number of ether oxygens (including phenoxy) is 2. The van der Waals surface area contributed by atoms with Crippen LogP contribution in [0.5, 0.6) is 0 Å². The number of rotatable bonds is 4. The van der Waals surface area contributed by atoms with Crippen LogP contribution in [0, 0.1) is 0 Å². The lowest BCUT2D eigenvalue weighted by molar-refractivity contribution is -0.152. The fourth-order valence-electron chi connectivity index (χ4n) is 1.59. The van der Waals surface area contributed by atoms with Crippen molar-refractivity contribution in [2.45, 2.75) is 37.8 Å². The topological polar surface area (TPSA) is 38.8 Å². The molecule has 16 heavy (non-hydrogen) atoms. The number of likely N-dealkylation sites (N-methyl/N-ethyl adjacent to an activating group) is 1. The lowest BCUT2D eigenvalue weighted by Gasteiger charge is -2.26. The zero-order valence-electron chi connectivity index (χ0n) is 9.95. The van der Waals surface area contributed by atoms with Crippen molar-refractivity contribution in [3.05, 3.63) is 0 Å². The summed E-state index contributed by atoms with van der Waals surface area (Å²) in [6.07, 6.45) is 1.80. The van der Waals surface area contributed by atoms with Crippen molar-refractivity contribution in [1.82, 2.24) is 4.90 Å². The van der Waals surface area contributed by atoms with E-state index in [0.29, 0.717) is 13.1 Å².